The van der Waals surface area contributed by atoms with Crippen molar-refractivity contribution in [3.63, 3.8) is 0 Å². The summed E-state index contributed by atoms with van der Waals surface area (Å²) in [5.74, 6) is -0.727. The number of nitrogens with one attached hydrogen (secondary N) is 1. The predicted octanol–water partition coefficient (Wildman–Crippen LogP) is 3.30. The number of carbonyl (C=O) groups is 2. The molecule has 26 heavy (non-hydrogen) atoms. The first-order valence-corrected chi connectivity index (χ1v) is 8.82. The van der Waals surface area contributed by atoms with Crippen molar-refractivity contribution in [1.29, 1.82) is 0 Å². The highest BCUT2D eigenvalue weighted by Crippen LogP contribution is 2.23. The van der Waals surface area contributed by atoms with Crippen LogP contribution in [0.25, 0.3) is 6.08 Å². The van der Waals surface area contributed by atoms with Gasteiger partial charge in [0.25, 0.3) is 11.8 Å². The third-order valence-corrected chi connectivity index (χ3v) is 4.52. The monoisotopic (exact) mass is 349 g/mol. The van der Waals surface area contributed by atoms with E-state index in [1.807, 2.05) is 55.5 Å². The zero-order valence-corrected chi connectivity index (χ0v) is 15.3. The molecule has 0 atom stereocenters. The second kappa shape index (κ2) is 7.44. The third kappa shape index (κ3) is 3.47. The highest BCUT2D eigenvalue weighted by atomic mass is 16.2. The Labute approximate surface area is 153 Å². The molecule has 0 spiro atoms. The molecule has 0 aliphatic carbocycles. The summed E-state index contributed by atoms with van der Waals surface area (Å²) in [6.45, 7) is 8.06. The summed E-state index contributed by atoms with van der Waals surface area (Å²) in [6.07, 6.45) is 1.64. The van der Waals surface area contributed by atoms with Crippen molar-refractivity contribution in [3.05, 3.63) is 65.2 Å². The number of carbonyl (C=O) groups excluding carboxylic acids is 2. The topological polar surface area (TPSA) is 52.7 Å². The van der Waals surface area contributed by atoms with Crippen LogP contribution in [0.5, 0.6) is 0 Å². The van der Waals surface area contributed by atoms with E-state index < -0.39 is 0 Å². The molecule has 2 amide bonds. The predicted molar refractivity (Wildman–Crippen MR) is 105 cm³/mol. The summed E-state index contributed by atoms with van der Waals surface area (Å²) < 4.78 is 0. The molecular weight excluding hydrogens is 326 g/mol. The number of hydrazine groups is 1. The molecule has 0 saturated carbocycles. The molecule has 1 aliphatic rings. The Balaban J connectivity index is 1.83. The minimum Gasteiger partial charge on any atom is -0.372 e. The summed E-state index contributed by atoms with van der Waals surface area (Å²) in [7, 11) is 0. The Morgan fingerprint density at radius 2 is 1.58 bits per heavy atom. The highest BCUT2D eigenvalue weighted by molar-refractivity contribution is 6.31. The van der Waals surface area contributed by atoms with Crippen molar-refractivity contribution in [1.82, 2.24) is 5.43 Å². The number of amides is 2. The average molecular weight is 349 g/mol. The van der Waals surface area contributed by atoms with E-state index in [9.17, 15) is 9.59 Å². The van der Waals surface area contributed by atoms with Gasteiger partial charge in [0, 0.05) is 18.8 Å². The number of hydrogen-bond acceptors (Lipinski definition) is 3. The molecule has 5 nitrogen and oxygen atoms in total. The van der Waals surface area contributed by atoms with Crippen molar-refractivity contribution < 1.29 is 9.59 Å². The van der Waals surface area contributed by atoms with Crippen LogP contribution >= 0.6 is 0 Å². The Morgan fingerprint density at radius 1 is 0.962 bits per heavy atom. The molecule has 0 bridgehead atoms. The van der Waals surface area contributed by atoms with Crippen LogP contribution in [0.4, 0.5) is 11.4 Å². The van der Waals surface area contributed by atoms with E-state index in [-0.39, 0.29) is 17.4 Å². The minimum atomic E-state index is -0.386. The Bertz CT molecular complexity index is 835. The van der Waals surface area contributed by atoms with Crippen LogP contribution in [0.1, 0.15) is 25.0 Å². The van der Waals surface area contributed by atoms with Crippen molar-refractivity contribution >= 4 is 29.3 Å². The smallest absolute Gasteiger partial charge is 0.282 e. The van der Waals surface area contributed by atoms with E-state index in [4.69, 9.17) is 0 Å². The zero-order chi connectivity index (χ0) is 18.7. The second-order valence-corrected chi connectivity index (χ2v) is 6.24. The van der Waals surface area contributed by atoms with Crippen molar-refractivity contribution in [2.24, 2.45) is 0 Å². The normalized spacial score (nSPS) is 15.5. The molecular formula is C21H23N3O2. The summed E-state index contributed by atoms with van der Waals surface area (Å²) >= 11 is 0. The SMILES string of the molecule is CCN(CC)c1ccc(/C=C2\C(=O)NN(c3ccc(C)cc3)C2=O)cc1. The molecule has 2 aromatic rings. The average Bonchev–Trinajstić information content (AvgIpc) is 2.93. The van der Waals surface area contributed by atoms with Crippen LogP contribution in [0.2, 0.25) is 0 Å². The molecule has 2 aromatic carbocycles. The van der Waals surface area contributed by atoms with Gasteiger partial charge in [-0.2, -0.15) is 0 Å². The third-order valence-electron chi connectivity index (χ3n) is 4.52. The second-order valence-electron chi connectivity index (χ2n) is 6.24. The van der Waals surface area contributed by atoms with E-state index in [0.717, 1.165) is 29.9 Å². The molecule has 0 radical (unpaired) electrons. The quantitative estimate of drug-likeness (QED) is 0.666. The maximum atomic E-state index is 12.6. The summed E-state index contributed by atoms with van der Waals surface area (Å²) in [5.41, 5.74) is 6.46. The molecule has 134 valence electrons. The molecule has 1 fully saturated rings. The molecule has 0 unspecified atom stereocenters. The van der Waals surface area contributed by atoms with E-state index in [2.05, 4.69) is 24.2 Å². The summed E-state index contributed by atoms with van der Waals surface area (Å²) in [4.78, 5) is 27.1. The van der Waals surface area contributed by atoms with Gasteiger partial charge in [0.1, 0.15) is 5.57 Å². The van der Waals surface area contributed by atoms with E-state index in [1.54, 1.807) is 6.08 Å². The lowest BCUT2D eigenvalue weighted by Crippen LogP contribution is -2.35. The zero-order valence-electron chi connectivity index (χ0n) is 15.3. The van der Waals surface area contributed by atoms with Gasteiger partial charge in [-0.25, -0.2) is 5.01 Å². The van der Waals surface area contributed by atoms with Crippen molar-refractivity contribution in [2.75, 3.05) is 23.0 Å². The standard InChI is InChI=1S/C21H23N3O2/c1-4-23(5-2)17-12-8-16(9-13-17)14-19-20(25)22-24(21(19)26)18-10-6-15(3)7-11-18/h6-14H,4-5H2,1-3H3,(H,22,25)/b19-14+. The fraction of sp³-hybridized carbons (Fsp3) is 0.238. The maximum absolute atomic E-state index is 12.6. The highest BCUT2D eigenvalue weighted by Gasteiger charge is 2.34. The van der Waals surface area contributed by atoms with Gasteiger partial charge in [-0.15, -0.1) is 0 Å². The van der Waals surface area contributed by atoms with Crippen LogP contribution in [-0.2, 0) is 9.59 Å². The van der Waals surface area contributed by atoms with Gasteiger partial charge in [-0.3, -0.25) is 15.0 Å². The first-order chi connectivity index (χ1) is 12.5. The van der Waals surface area contributed by atoms with E-state index in [0.29, 0.717) is 5.69 Å². The minimum absolute atomic E-state index is 0.140. The first kappa shape index (κ1) is 17.7. The molecule has 0 aromatic heterocycles. The van der Waals surface area contributed by atoms with Gasteiger partial charge >= 0.3 is 0 Å². The van der Waals surface area contributed by atoms with Crippen molar-refractivity contribution in [3.8, 4) is 0 Å². The van der Waals surface area contributed by atoms with Gasteiger partial charge in [0.05, 0.1) is 5.69 Å². The lowest BCUT2D eigenvalue weighted by molar-refractivity contribution is -0.117. The first-order valence-electron chi connectivity index (χ1n) is 8.82. The van der Waals surface area contributed by atoms with Crippen LogP contribution < -0.4 is 15.3 Å². The summed E-state index contributed by atoms with van der Waals surface area (Å²) in [6, 6.07) is 15.3. The number of nitrogens with zero attached hydrogens (tertiary/aromatic N) is 2. The van der Waals surface area contributed by atoms with Crippen molar-refractivity contribution in [2.45, 2.75) is 20.8 Å². The van der Waals surface area contributed by atoms with Gasteiger partial charge < -0.3 is 4.90 Å². The number of rotatable bonds is 5. The fourth-order valence-corrected chi connectivity index (χ4v) is 2.97. The lowest BCUT2D eigenvalue weighted by atomic mass is 10.1. The van der Waals surface area contributed by atoms with Gasteiger partial charge in [-0.1, -0.05) is 29.8 Å². The molecule has 5 heteroatoms. The lowest BCUT2D eigenvalue weighted by Gasteiger charge is -2.20. The summed E-state index contributed by atoms with van der Waals surface area (Å²) in [5, 5.41) is 1.29. The molecule has 1 heterocycles. The van der Waals surface area contributed by atoms with Crippen LogP contribution in [0.3, 0.4) is 0 Å². The van der Waals surface area contributed by atoms with Gasteiger partial charge in [0.15, 0.2) is 0 Å². The molecule has 1 saturated heterocycles. The van der Waals surface area contributed by atoms with Crippen LogP contribution in [0.15, 0.2) is 54.1 Å². The van der Waals surface area contributed by atoms with Crippen LogP contribution in [0, 0.1) is 6.92 Å². The number of aryl methyl sites for hydroxylation is 1. The van der Waals surface area contributed by atoms with Gasteiger partial charge in [-0.05, 0) is 56.7 Å². The van der Waals surface area contributed by atoms with Gasteiger partial charge in [0.2, 0.25) is 0 Å². The fourth-order valence-electron chi connectivity index (χ4n) is 2.97. The Kier molecular flexibility index (Phi) is 5.07. The number of hydrogen-bond donors (Lipinski definition) is 1. The number of anilines is 2. The molecule has 3 rings (SSSR count). The largest absolute Gasteiger partial charge is 0.372 e. The number of benzene rings is 2. The van der Waals surface area contributed by atoms with E-state index in [1.165, 1.54) is 5.01 Å². The maximum Gasteiger partial charge on any atom is 0.282 e. The Morgan fingerprint density at radius 3 is 2.15 bits per heavy atom. The Hall–Kier alpha value is -3.08. The molecule has 1 N–H and O–H groups in total. The van der Waals surface area contributed by atoms with E-state index >= 15 is 0 Å². The van der Waals surface area contributed by atoms with Crippen LogP contribution in [-0.4, -0.2) is 24.9 Å². The molecule has 1 aliphatic heterocycles.